The average molecular weight is 514 g/mol. The van der Waals surface area contributed by atoms with Gasteiger partial charge in [-0.25, -0.2) is 4.98 Å². The first kappa shape index (κ1) is 25.7. The van der Waals surface area contributed by atoms with Gasteiger partial charge >= 0.3 is 0 Å². The van der Waals surface area contributed by atoms with Crippen molar-refractivity contribution in [3.05, 3.63) is 59.4 Å². The van der Waals surface area contributed by atoms with Crippen molar-refractivity contribution in [2.24, 2.45) is 0 Å². The number of aromatic nitrogens is 2. The molecular weight excluding hydrogens is 482 g/mol. The van der Waals surface area contributed by atoms with Crippen LogP contribution in [0.4, 0.5) is 5.69 Å². The van der Waals surface area contributed by atoms with E-state index in [2.05, 4.69) is 21.4 Å². The molecule has 1 unspecified atom stereocenters. The Labute approximate surface area is 221 Å². The molecule has 0 aliphatic carbocycles. The maximum absolute atomic E-state index is 10.4. The minimum atomic E-state index is -0.810. The fraction of sp³-hybridized carbons (Fsp3) is 0.345. The van der Waals surface area contributed by atoms with Gasteiger partial charge in [0.25, 0.3) is 0 Å². The van der Waals surface area contributed by atoms with Gasteiger partial charge in [-0.2, -0.15) is 5.26 Å². The highest BCUT2D eigenvalue weighted by atomic mass is 16.5. The molecule has 0 bridgehead atoms. The number of ether oxygens (including phenoxy) is 2. The van der Waals surface area contributed by atoms with Crippen molar-refractivity contribution in [3.63, 3.8) is 0 Å². The first-order valence-corrected chi connectivity index (χ1v) is 12.6. The first-order valence-electron chi connectivity index (χ1n) is 12.6. The second-order valence-corrected chi connectivity index (χ2v) is 9.70. The number of hydrogen-bond donors (Lipinski definition) is 2. The number of pyridine rings is 2. The molecule has 1 aromatic carbocycles. The highest BCUT2D eigenvalue weighted by Gasteiger charge is 2.21. The fourth-order valence-corrected chi connectivity index (χ4v) is 4.76. The third-order valence-electron chi connectivity index (χ3n) is 6.86. The minimum absolute atomic E-state index is 0.288. The van der Waals surface area contributed by atoms with Gasteiger partial charge in [-0.1, -0.05) is 6.07 Å². The molecular formula is C29H31N5O4. The quantitative estimate of drug-likeness (QED) is 0.333. The van der Waals surface area contributed by atoms with Gasteiger partial charge in [-0.3, -0.25) is 9.88 Å². The standard InChI is InChI=1S/C29H31N5O4/c1-17-15-31-23-13-25(27-24(36-4)12-20(16-32-27)29(35)34(2)3)38-28(23)26(17)18-5-6-22(19(11-18)14-30)33-21-7-9-37-10-8-21/h5-6,11-13,15-16,21,29,33,35H,7-10H2,1-4H3. The molecule has 1 aliphatic rings. The van der Waals surface area contributed by atoms with Crippen LogP contribution in [-0.4, -0.2) is 60.4 Å². The van der Waals surface area contributed by atoms with Crippen LogP contribution in [0.3, 0.4) is 0 Å². The number of aliphatic hydroxyl groups is 1. The van der Waals surface area contributed by atoms with Gasteiger partial charge in [0.2, 0.25) is 0 Å². The van der Waals surface area contributed by atoms with Gasteiger partial charge in [0.1, 0.15) is 29.3 Å². The Morgan fingerprint density at radius 2 is 1.95 bits per heavy atom. The van der Waals surface area contributed by atoms with E-state index < -0.39 is 6.23 Å². The fourth-order valence-electron chi connectivity index (χ4n) is 4.76. The molecule has 38 heavy (non-hydrogen) atoms. The molecule has 0 amide bonds. The molecule has 0 radical (unpaired) electrons. The smallest absolute Gasteiger partial charge is 0.161 e. The van der Waals surface area contributed by atoms with E-state index in [1.54, 1.807) is 44.6 Å². The molecule has 1 aliphatic heterocycles. The predicted octanol–water partition coefficient (Wildman–Crippen LogP) is 4.89. The molecule has 4 aromatic rings. The van der Waals surface area contributed by atoms with Crippen LogP contribution in [0.1, 0.15) is 35.8 Å². The lowest BCUT2D eigenvalue weighted by molar-refractivity contribution is 0.0391. The van der Waals surface area contributed by atoms with E-state index in [1.165, 1.54) is 0 Å². The Morgan fingerprint density at radius 1 is 1.16 bits per heavy atom. The van der Waals surface area contributed by atoms with Crippen molar-refractivity contribution in [2.75, 3.05) is 39.7 Å². The van der Waals surface area contributed by atoms with Crippen molar-refractivity contribution in [1.82, 2.24) is 14.9 Å². The summed E-state index contributed by atoms with van der Waals surface area (Å²) in [6.07, 6.45) is 4.43. The monoisotopic (exact) mass is 513 g/mol. The lowest BCUT2D eigenvalue weighted by Crippen LogP contribution is -2.28. The van der Waals surface area contributed by atoms with Gasteiger partial charge in [0, 0.05) is 48.8 Å². The first-order chi connectivity index (χ1) is 18.4. The van der Waals surface area contributed by atoms with E-state index in [-0.39, 0.29) is 6.04 Å². The maximum Gasteiger partial charge on any atom is 0.161 e. The van der Waals surface area contributed by atoms with E-state index in [9.17, 15) is 10.4 Å². The molecule has 5 rings (SSSR count). The average Bonchev–Trinajstić information content (AvgIpc) is 3.37. The third kappa shape index (κ3) is 4.94. The number of hydrogen-bond acceptors (Lipinski definition) is 9. The Hall–Kier alpha value is -3.97. The Balaban J connectivity index is 1.54. The number of nitrogens with one attached hydrogen (secondary N) is 1. The van der Waals surface area contributed by atoms with Crippen LogP contribution in [0.15, 0.2) is 47.1 Å². The summed E-state index contributed by atoms with van der Waals surface area (Å²) in [6.45, 7) is 3.43. The number of fused-ring (bicyclic) bond motifs is 1. The van der Waals surface area contributed by atoms with Crippen molar-refractivity contribution in [1.29, 1.82) is 5.26 Å². The molecule has 2 N–H and O–H groups in total. The van der Waals surface area contributed by atoms with Crippen LogP contribution < -0.4 is 10.1 Å². The number of furan rings is 1. The number of rotatable bonds is 7. The Morgan fingerprint density at radius 3 is 2.66 bits per heavy atom. The summed E-state index contributed by atoms with van der Waals surface area (Å²) in [5.74, 6) is 0.983. The zero-order chi connectivity index (χ0) is 26.8. The summed E-state index contributed by atoms with van der Waals surface area (Å²) in [6, 6.07) is 12.1. The van der Waals surface area contributed by atoms with E-state index in [0.717, 1.165) is 48.4 Å². The van der Waals surface area contributed by atoms with Gasteiger partial charge in [-0.15, -0.1) is 0 Å². The lowest BCUT2D eigenvalue weighted by Gasteiger charge is -2.24. The highest BCUT2D eigenvalue weighted by Crippen LogP contribution is 2.39. The van der Waals surface area contributed by atoms with Crippen LogP contribution in [-0.2, 0) is 4.74 Å². The van der Waals surface area contributed by atoms with Crippen molar-refractivity contribution in [2.45, 2.75) is 32.0 Å². The summed E-state index contributed by atoms with van der Waals surface area (Å²) >= 11 is 0. The van der Waals surface area contributed by atoms with Crippen LogP contribution >= 0.6 is 0 Å². The van der Waals surface area contributed by atoms with Crippen molar-refractivity contribution < 1.29 is 19.0 Å². The molecule has 4 heterocycles. The van der Waals surface area contributed by atoms with Crippen LogP contribution in [0.5, 0.6) is 5.75 Å². The van der Waals surface area contributed by atoms with Crippen LogP contribution in [0.25, 0.3) is 33.7 Å². The summed E-state index contributed by atoms with van der Waals surface area (Å²) in [4.78, 5) is 10.8. The molecule has 1 atom stereocenters. The zero-order valence-electron chi connectivity index (χ0n) is 22.0. The summed E-state index contributed by atoms with van der Waals surface area (Å²) in [7, 11) is 5.12. The second kappa shape index (κ2) is 10.8. The van der Waals surface area contributed by atoms with E-state index in [4.69, 9.17) is 13.9 Å². The van der Waals surface area contributed by atoms with Crippen molar-refractivity contribution in [3.8, 4) is 34.4 Å². The molecule has 0 saturated carbocycles. The minimum Gasteiger partial charge on any atom is -0.494 e. The SMILES string of the molecule is COc1cc(C(O)N(C)C)cnc1-c1cc2ncc(C)c(-c3ccc(NC4CCOCC4)c(C#N)c3)c2o1. The largest absolute Gasteiger partial charge is 0.494 e. The number of aryl methyl sites for hydroxylation is 1. The van der Waals surface area contributed by atoms with Crippen LogP contribution in [0, 0.1) is 18.3 Å². The molecule has 196 valence electrons. The topological polar surface area (TPSA) is 117 Å². The van der Waals surface area contributed by atoms with Gasteiger partial charge < -0.3 is 24.3 Å². The van der Waals surface area contributed by atoms with Gasteiger partial charge in [0.05, 0.1) is 18.4 Å². The number of nitriles is 1. The van der Waals surface area contributed by atoms with Crippen molar-refractivity contribution >= 4 is 16.8 Å². The summed E-state index contributed by atoms with van der Waals surface area (Å²) in [5, 5.41) is 23.8. The number of benzene rings is 1. The maximum atomic E-state index is 10.4. The number of anilines is 1. The number of methoxy groups -OCH3 is 1. The normalized spacial score (nSPS) is 15.0. The number of nitrogens with zero attached hydrogens (tertiary/aromatic N) is 4. The molecule has 1 fully saturated rings. The predicted molar refractivity (Wildman–Crippen MR) is 145 cm³/mol. The van der Waals surface area contributed by atoms with E-state index in [1.807, 2.05) is 31.2 Å². The molecule has 0 spiro atoms. The van der Waals surface area contributed by atoms with Gasteiger partial charge in [0.15, 0.2) is 11.3 Å². The second-order valence-electron chi connectivity index (χ2n) is 9.70. The summed E-state index contributed by atoms with van der Waals surface area (Å²) in [5.41, 5.74) is 6.46. The van der Waals surface area contributed by atoms with E-state index in [0.29, 0.717) is 39.4 Å². The number of aliphatic hydroxyl groups excluding tert-OH is 1. The van der Waals surface area contributed by atoms with Gasteiger partial charge in [-0.05, 0) is 63.2 Å². The summed E-state index contributed by atoms with van der Waals surface area (Å²) < 4.78 is 17.4. The van der Waals surface area contributed by atoms with Crippen LogP contribution in [0.2, 0.25) is 0 Å². The lowest BCUT2D eigenvalue weighted by atomic mass is 9.98. The molecule has 1 saturated heterocycles. The third-order valence-corrected chi connectivity index (χ3v) is 6.86. The molecule has 9 nitrogen and oxygen atoms in total. The zero-order valence-corrected chi connectivity index (χ0v) is 22.0. The Bertz CT molecular complexity index is 1500. The molecule has 3 aromatic heterocycles. The Kier molecular flexibility index (Phi) is 7.29. The highest BCUT2D eigenvalue weighted by molar-refractivity contribution is 5.94. The van der Waals surface area contributed by atoms with E-state index >= 15 is 0 Å². The molecule has 9 heteroatoms.